The lowest BCUT2D eigenvalue weighted by atomic mass is 9.97. The molecule has 0 bridgehead atoms. The van der Waals surface area contributed by atoms with E-state index in [0.717, 1.165) is 58.4 Å². The summed E-state index contributed by atoms with van der Waals surface area (Å²) in [6, 6.07) is 8.04. The molecule has 1 saturated heterocycles. The number of aromatic nitrogens is 3. The van der Waals surface area contributed by atoms with Crippen molar-refractivity contribution in [1.29, 1.82) is 0 Å². The molecule has 0 spiro atoms. The Labute approximate surface area is 181 Å². The number of amides is 1. The molecule has 1 aliphatic rings. The molecule has 2 aromatic heterocycles. The van der Waals surface area contributed by atoms with E-state index in [4.69, 9.17) is 9.72 Å². The molecule has 0 aliphatic carbocycles. The molecule has 8 heteroatoms. The third-order valence-corrected chi connectivity index (χ3v) is 6.97. The first-order valence-electron chi connectivity index (χ1n) is 10.6. The summed E-state index contributed by atoms with van der Waals surface area (Å²) >= 11 is 1.66. The van der Waals surface area contributed by atoms with E-state index in [0.29, 0.717) is 6.54 Å². The Kier molecular flexibility index (Phi) is 5.94. The van der Waals surface area contributed by atoms with Gasteiger partial charge in [0.1, 0.15) is 5.75 Å². The first-order chi connectivity index (χ1) is 14.5. The Morgan fingerprint density at radius 2 is 2.13 bits per heavy atom. The highest BCUT2D eigenvalue weighted by Crippen LogP contribution is 2.34. The minimum Gasteiger partial charge on any atom is -0.497 e. The van der Waals surface area contributed by atoms with Crippen LogP contribution in [0.1, 0.15) is 38.8 Å². The second-order valence-corrected chi connectivity index (χ2v) is 8.92. The molecule has 160 valence electrons. The Morgan fingerprint density at radius 3 is 2.83 bits per heavy atom. The lowest BCUT2D eigenvalue weighted by Crippen LogP contribution is -2.45. The van der Waals surface area contributed by atoms with Gasteiger partial charge >= 0.3 is 0 Å². The summed E-state index contributed by atoms with van der Waals surface area (Å²) in [5.74, 6) is 0.988. The van der Waals surface area contributed by atoms with Gasteiger partial charge in [-0.15, -0.1) is 0 Å². The van der Waals surface area contributed by atoms with E-state index >= 15 is 0 Å². The summed E-state index contributed by atoms with van der Waals surface area (Å²) in [5, 5.41) is 8.79. The average Bonchev–Trinajstić information content (AvgIpc) is 3.34. The van der Waals surface area contributed by atoms with Crippen molar-refractivity contribution in [2.45, 2.75) is 46.1 Å². The van der Waals surface area contributed by atoms with Gasteiger partial charge in [0.15, 0.2) is 10.8 Å². The van der Waals surface area contributed by atoms with Crippen LogP contribution in [0.2, 0.25) is 0 Å². The number of piperidine rings is 1. The van der Waals surface area contributed by atoms with E-state index in [1.54, 1.807) is 18.4 Å². The van der Waals surface area contributed by atoms with Crippen molar-refractivity contribution in [3.05, 3.63) is 30.0 Å². The zero-order chi connectivity index (χ0) is 21.3. The van der Waals surface area contributed by atoms with Crippen molar-refractivity contribution >= 4 is 32.7 Å². The second kappa shape index (κ2) is 8.63. The summed E-state index contributed by atoms with van der Waals surface area (Å²) in [7, 11) is 1.66. The van der Waals surface area contributed by atoms with Crippen LogP contribution in [0, 0.1) is 12.8 Å². The first-order valence-corrected chi connectivity index (χ1v) is 11.4. The number of hydrogen-bond donors (Lipinski definition) is 1. The minimum absolute atomic E-state index is 0.0129. The number of thiazole rings is 1. The van der Waals surface area contributed by atoms with Crippen LogP contribution in [-0.4, -0.2) is 46.9 Å². The van der Waals surface area contributed by atoms with E-state index in [9.17, 15) is 4.79 Å². The van der Waals surface area contributed by atoms with Gasteiger partial charge in [-0.3, -0.25) is 4.79 Å². The fraction of sp³-hybridized carbons (Fsp3) is 0.500. The average molecular weight is 428 g/mol. The molecular formula is C22H29N5O2S. The molecule has 1 aliphatic heterocycles. The summed E-state index contributed by atoms with van der Waals surface area (Å²) in [6.45, 7) is 7.81. The van der Waals surface area contributed by atoms with E-state index in [-0.39, 0.29) is 17.9 Å². The molecule has 1 aromatic carbocycles. The number of anilines is 1. The number of rotatable bonds is 6. The van der Waals surface area contributed by atoms with Crippen LogP contribution in [-0.2, 0) is 4.79 Å². The van der Waals surface area contributed by atoms with Gasteiger partial charge in [0.05, 0.1) is 29.1 Å². The predicted molar refractivity (Wildman–Crippen MR) is 121 cm³/mol. The fourth-order valence-electron chi connectivity index (χ4n) is 3.79. The van der Waals surface area contributed by atoms with Crippen LogP contribution >= 0.6 is 11.3 Å². The lowest BCUT2D eigenvalue weighted by molar-refractivity contribution is -0.125. The third-order valence-electron chi connectivity index (χ3n) is 5.76. The van der Waals surface area contributed by atoms with Crippen LogP contribution in [0.15, 0.2) is 24.3 Å². The SMILES string of the molecule is CCC(C)NC(=O)C1CCCN(c2nc3c(s2)c(C)nn3-c2ccc(OC)cc2)C1. The van der Waals surface area contributed by atoms with Crippen molar-refractivity contribution in [3.8, 4) is 11.4 Å². The van der Waals surface area contributed by atoms with Gasteiger partial charge < -0.3 is 15.0 Å². The Morgan fingerprint density at radius 1 is 1.37 bits per heavy atom. The normalized spacial score (nSPS) is 17.9. The standard InChI is InChI=1S/C22H29N5O2S/c1-5-14(2)23-21(28)16-7-6-12-26(13-16)22-24-20-19(30-22)15(3)25-27(20)17-8-10-18(29-4)11-9-17/h8-11,14,16H,5-7,12-13H2,1-4H3,(H,23,28). The third kappa shape index (κ3) is 4.01. The molecule has 1 fully saturated rings. The maximum atomic E-state index is 12.6. The maximum Gasteiger partial charge on any atom is 0.225 e. The number of nitrogens with zero attached hydrogens (tertiary/aromatic N) is 4. The first kappa shape index (κ1) is 20.7. The number of nitrogens with one attached hydrogen (secondary N) is 1. The van der Waals surface area contributed by atoms with E-state index in [1.165, 1.54) is 0 Å². The van der Waals surface area contributed by atoms with Crippen molar-refractivity contribution in [3.63, 3.8) is 0 Å². The van der Waals surface area contributed by atoms with Crippen LogP contribution in [0.4, 0.5) is 5.13 Å². The van der Waals surface area contributed by atoms with Crippen molar-refractivity contribution in [1.82, 2.24) is 20.1 Å². The van der Waals surface area contributed by atoms with Crippen LogP contribution in [0.25, 0.3) is 16.0 Å². The molecule has 7 nitrogen and oxygen atoms in total. The molecule has 1 amide bonds. The largest absolute Gasteiger partial charge is 0.497 e. The smallest absolute Gasteiger partial charge is 0.225 e. The van der Waals surface area contributed by atoms with Gasteiger partial charge in [0.25, 0.3) is 0 Å². The van der Waals surface area contributed by atoms with Gasteiger partial charge in [0, 0.05) is 19.1 Å². The Balaban J connectivity index is 1.58. The molecule has 4 rings (SSSR count). The Hall–Kier alpha value is -2.61. The second-order valence-electron chi connectivity index (χ2n) is 7.95. The molecule has 0 saturated carbocycles. The van der Waals surface area contributed by atoms with Gasteiger partial charge in [0.2, 0.25) is 5.91 Å². The molecule has 1 N–H and O–H groups in total. The summed E-state index contributed by atoms with van der Waals surface area (Å²) in [5.41, 5.74) is 2.78. The van der Waals surface area contributed by atoms with E-state index in [1.807, 2.05) is 35.9 Å². The van der Waals surface area contributed by atoms with Crippen molar-refractivity contribution in [2.75, 3.05) is 25.1 Å². The number of fused-ring (bicyclic) bond motifs is 1. The van der Waals surface area contributed by atoms with Crippen LogP contribution in [0.5, 0.6) is 5.75 Å². The van der Waals surface area contributed by atoms with Crippen LogP contribution in [0.3, 0.4) is 0 Å². The van der Waals surface area contributed by atoms with Crippen LogP contribution < -0.4 is 15.0 Å². The zero-order valence-electron chi connectivity index (χ0n) is 18.0. The Bertz CT molecular complexity index is 1030. The molecule has 2 unspecified atom stereocenters. The molecule has 3 aromatic rings. The highest BCUT2D eigenvalue weighted by atomic mass is 32.1. The van der Waals surface area contributed by atoms with Gasteiger partial charge in [-0.2, -0.15) is 10.1 Å². The quantitative estimate of drug-likeness (QED) is 0.645. The number of aryl methyl sites for hydroxylation is 1. The monoisotopic (exact) mass is 427 g/mol. The zero-order valence-corrected chi connectivity index (χ0v) is 18.8. The molecular weight excluding hydrogens is 398 g/mol. The molecule has 2 atom stereocenters. The van der Waals surface area contributed by atoms with Gasteiger partial charge in [-0.1, -0.05) is 18.3 Å². The summed E-state index contributed by atoms with van der Waals surface area (Å²) < 4.78 is 8.24. The topological polar surface area (TPSA) is 72.3 Å². The number of methoxy groups -OCH3 is 1. The van der Waals surface area contributed by atoms with Crippen molar-refractivity contribution in [2.24, 2.45) is 5.92 Å². The van der Waals surface area contributed by atoms with E-state index < -0.39 is 0 Å². The van der Waals surface area contributed by atoms with E-state index in [2.05, 4.69) is 29.2 Å². The highest BCUT2D eigenvalue weighted by molar-refractivity contribution is 7.22. The predicted octanol–water partition coefficient (Wildman–Crippen LogP) is 3.93. The number of carbonyl (C=O) groups excluding carboxylic acids is 1. The summed E-state index contributed by atoms with van der Waals surface area (Å²) in [6.07, 6.45) is 2.88. The highest BCUT2D eigenvalue weighted by Gasteiger charge is 2.28. The minimum atomic E-state index is 0.0129. The molecule has 0 radical (unpaired) electrons. The fourth-order valence-corrected chi connectivity index (χ4v) is 4.81. The number of hydrogen-bond acceptors (Lipinski definition) is 6. The van der Waals surface area contributed by atoms with Gasteiger partial charge in [-0.25, -0.2) is 4.68 Å². The van der Waals surface area contributed by atoms with Crippen molar-refractivity contribution < 1.29 is 9.53 Å². The number of carbonyl (C=O) groups is 1. The lowest BCUT2D eigenvalue weighted by Gasteiger charge is -2.32. The number of ether oxygens (including phenoxy) is 1. The molecule has 30 heavy (non-hydrogen) atoms. The summed E-state index contributed by atoms with van der Waals surface area (Å²) in [4.78, 5) is 19.8. The van der Waals surface area contributed by atoms with Gasteiger partial charge in [-0.05, 0) is 57.4 Å². The molecule has 3 heterocycles. The number of benzene rings is 1. The maximum absolute atomic E-state index is 12.6.